The normalized spacial score (nSPS) is 18.5. The van der Waals surface area contributed by atoms with Gasteiger partial charge in [0.25, 0.3) is 5.91 Å². The number of halogens is 1. The summed E-state index contributed by atoms with van der Waals surface area (Å²) in [6.45, 7) is 1.50. The number of nitrogens with zero attached hydrogens (tertiary/aromatic N) is 4. The Labute approximate surface area is 222 Å². The van der Waals surface area contributed by atoms with Gasteiger partial charge in [-0.25, -0.2) is 4.79 Å². The lowest BCUT2D eigenvalue weighted by molar-refractivity contribution is -0.130. The van der Waals surface area contributed by atoms with Crippen LogP contribution in [0.3, 0.4) is 0 Å². The summed E-state index contributed by atoms with van der Waals surface area (Å²) in [4.78, 5) is 43.5. The van der Waals surface area contributed by atoms with E-state index in [0.717, 1.165) is 44.1 Å². The average molecular weight is 536 g/mol. The summed E-state index contributed by atoms with van der Waals surface area (Å²) in [7, 11) is 0. The molecule has 188 valence electrons. The van der Waals surface area contributed by atoms with Crippen LogP contribution in [0.25, 0.3) is 6.08 Å². The first-order valence-electron chi connectivity index (χ1n) is 11.7. The Morgan fingerprint density at radius 2 is 1.76 bits per heavy atom. The van der Waals surface area contributed by atoms with Crippen LogP contribution in [-0.2, 0) is 9.59 Å². The summed E-state index contributed by atoms with van der Waals surface area (Å²) in [6, 6.07) is 12.9. The smallest absolute Gasteiger partial charge is 0.343 e. The molecule has 2 amide bonds. The number of amides is 2. The molecule has 0 atom stereocenters. The van der Waals surface area contributed by atoms with Crippen LogP contribution in [0.2, 0.25) is 5.02 Å². The van der Waals surface area contributed by atoms with E-state index in [1.54, 1.807) is 48.5 Å². The van der Waals surface area contributed by atoms with Crippen LogP contribution < -0.4 is 4.74 Å². The zero-order chi connectivity index (χ0) is 25.9. The van der Waals surface area contributed by atoms with Gasteiger partial charge in [-0.15, -0.1) is 0 Å². The minimum atomic E-state index is -0.555. The molecule has 2 aromatic rings. The molecule has 1 N–H and O–H groups in total. The maximum Gasteiger partial charge on any atom is 0.343 e. The summed E-state index contributed by atoms with van der Waals surface area (Å²) in [6.07, 6.45) is 4.80. The summed E-state index contributed by atoms with van der Waals surface area (Å²) in [5.74, 6) is -0.859. The number of ether oxygens (including phenoxy) is 1. The molecular formula is C26H22ClN5O4S. The number of carbonyl (C=O) groups excluding carboxylic acids is 3. The van der Waals surface area contributed by atoms with Crippen molar-refractivity contribution in [1.82, 2.24) is 9.91 Å². The lowest BCUT2D eigenvalue weighted by atomic mass is 10.1. The zero-order valence-electron chi connectivity index (χ0n) is 19.6. The van der Waals surface area contributed by atoms with Crippen molar-refractivity contribution in [3.8, 4) is 5.75 Å². The number of benzene rings is 2. The van der Waals surface area contributed by atoms with Crippen molar-refractivity contribution >= 4 is 63.3 Å². The minimum absolute atomic E-state index is 0.00290. The quantitative estimate of drug-likeness (QED) is 0.340. The second kappa shape index (κ2) is 10.7. The van der Waals surface area contributed by atoms with Gasteiger partial charge >= 0.3 is 5.97 Å². The van der Waals surface area contributed by atoms with Crippen molar-refractivity contribution in [2.45, 2.75) is 25.7 Å². The number of fused-ring (bicyclic) bond motifs is 1. The lowest BCUT2D eigenvalue weighted by Crippen LogP contribution is -2.36. The van der Waals surface area contributed by atoms with Gasteiger partial charge in [-0.2, -0.15) is 15.1 Å². The molecule has 0 aliphatic carbocycles. The van der Waals surface area contributed by atoms with Crippen molar-refractivity contribution in [3.05, 3.63) is 70.3 Å². The molecule has 3 aliphatic heterocycles. The van der Waals surface area contributed by atoms with Gasteiger partial charge in [0.05, 0.1) is 17.6 Å². The predicted octanol–water partition coefficient (Wildman–Crippen LogP) is 4.58. The van der Waals surface area contributed by atoms with Crippen molar-refractivity contribution < 1.29 is 19.1 Å². The standard InChI is InChI=1S/C26H22ClN5O4S/c27-18-8-6-17(7-9-18)25(35)36-19-10-4-16(5-11-19)14-20-23(28)32-26(29-24(20)34)37-21(30-32)15-22(33)31-12-2-1-3-13-31/h4-11,14,28H,1-3,12-13,15H2. The van der Waals surface area contributed by atoms with Crippen LogP contribution in [0.4, 0.5) is 0 Å². The molecule has 0 unspecified atom stereocenters. The Morgan fingerprint density at radius 3 is 2.46 bits per heavy atom. The summed E-state index contributed by atoms with van der Waals surface area (Å²) >= 11 is 6.99. The molecule has 0 spiro atoms. The maximum atomic E-state index is 12.7. The number of nitrogens with one attached hydrogen (secondary N) is 1. The van der Waals surface area contributed by atoms with Gasteiger partial charge in [0, 0.05) is 18.1 Å². The molecule has 0 aromatic heterocycles. The molecular weight excluding hydrogens is 514 g/mol. The highest BCUT2D eigenvalue weighted by atomic mass is 35.5. The Bertz CT molecular complexity index is 1360. The van der Waals surface area contributed by atoms with E-state index in [-0.39, 0.29) is 28.9 Å². The fourth-order valence-electron chi connectivity index (χ4n) is 4.04. The Morgan fingerprint density at radius 1 is 1.05 bits per heavy atom. The highest BCUT2D eigenvalue weighted by molar-refractivity contribution is 8.27. The van der Waals surface area contributed by atoms with Gasteiger partial charge < -0.3 is 9.64 Å². The third kappa shape index (κ3) is 5.65. The lowest BCUT2D eigenvalue weighted by Gasteiger charge is -2.26. The first-order chi connectivity index (χ1) is 17.9. The minimum Gasteiger partial charge on any atom is -0.423 e. The molecule has 37 heavy (non-hydrogen) atoms. The second-order valence-corrected chi connectivity index (χ2v) is 10.1. The molecule has 0 bridgehead atoms. The number of aliphatic imine (C=N–C) groups is 1. The van der Waals surface area contributed by atoms with Gasteiger partial charge in [0.2, 0.25) is 11.1 Å². The fourth-order valence-corrected chi connectivity index (χ4v) is 5.04. The number of amidine groups is 2. The monoisotopic (exact) mass is 535 g/mol. The molecule has 1 fully saturated rings. The first-order valence-corrected chi connectivity index (χ1v) is 12.9. The third-order valence-electron chi connectivity index (χ3n) is 5.99. The van der Waals surface area contributed by atoms with E-state index in [1.807, 2.05) is 4.90 Å². The molecule has 9 nitrogen and oxygen atoms in total. The highest BCUT2D eigenvalue weighted by Gasteiger charge is 2.36. The number of carbonyl (C=O) groups is 3. The Kier molecular flexibility index (Phi) is 7.20. The van der Waals surface area contributed by atoms with Crippen LogP contribution in [0.5, 0.6) is 5.75 Å². The number of piperidine rings is 1. The number of hydrogen-bond donors (Lipinski definition) is 1. The van der Waals surface area contributed by atoms with E-state index in [4.69, 9.17) is 21.7 Å². The fraction of sp³-hybridized carbons (Fsp3) is 0.231. The van der Waals surface area contributed by atoms with E-state index in [0.29, 0.717) is 26.9 Å². The van der Waals surface area contributed by atoms with Gasteiger partial charge in [-0.3, -0.25) is 15.0 Å². The summed E-state index contributed by atoms with van der Waals surface area (Å²) in [5, 5.41) is 15.5. The number of likely N-dealkylation sites (tertiary alicyclic amines) is 1. The third-order valence-corrected chi connectivity index (χ3v) is 7.15. The highest BCUT2D eigenvalue weighted by Crippen LogP contribution is 2.30. The van der Waals surface area contributed by atoms with E-state index < -0.39 is 11.9 Å². The summed E-state index contributed by atoms with van der Waals surface area (Å²) in [5.41, 5.74) is 1.06. The molecule has 1 saturated heterocycles. The number of rotatable bonds is 5. The van der Waals surface area contributed by atoms with Crippen molar-refractivity contribution in [2.75, 3.05) is 13.1 Å². The van der Waals surface area contributed by atoms with Crippen molar-refractivity contribution in [3.63, 3.8) is 0 Å². The predicted molar refractivity (Wildman–Crippen MR) is 143 cm³/mol. The van der Waals surface area contributed by atoms with E-state index >= 15 is 0 Å². The number of thioether (sulfide) groups is 1. The zero-order valence-corrected chi connectivity index (χ0v) is 21.2. The van der Waals surface area contributed by atoms with Crippen LogP contribution in [0.15, 0.2) is 64.2 Å². The second-order valence-electron chi connectivity index (χ2n) is 8.60. The van der Waals surface area contributed by atoms with Gasteiger partial charge in [-0.05, 0) is 79.1 Å². The van der Waals surface area contributed by atoms with Crippen molar-refractivity contribution in [1.29, 1.82) is 5.41 Å². The van der Waals surface area contributed by atoms with Crippen LogP contribution >= 0.6 is 23.4 Å². The average Bonchev–Trinajstić information content (AvgIpc) is 3.30. The molecule has 0 radical (unpaired) electrons. The molecule has 0 saturated carbocycles. The van der Waals surface area contributed by atoms with E-state index in [1.165, 1.54) is 11.1 Å². The van der Waals surface area contributed by atoms with Gasteiger partial charge in [-0.1, -0.05) is 23.7 Å². The maximum absolute atomic E-state index is 12.7. The topological polar surface area (TPSA) is 115 Å². The molecule has 3 aliphatic rings. The Hall–Kier alpha value is -3.76. The molecule has 2 aromatic carbocycles. The molecule has 3 heterocycles. The summed E-state index contributed by atoms with van der Waals surface area (Å²) < 4.78 is 5.38. The SMILES string of the molecule is N=C1C(=Cc2ccc(OC(=O)c3ccc(Cl)cc3)cc2)C(=O)N=C2SC(CC(=O)N3CCCCC3)=NN12. The van der Waals surface area contributed by atoms with Crippen LogP contribution in [0.1, 0.15) is 41.6 Å². The largest absolute Gasteiger partial charge is 0.423 e. The van der Waals surface area contributed by atoms with Gasteiger partial charge in [0.1, 0.15) is 10.8 Å². The van der Waals surface area contributed by atoms with Gasteiger partial charge in [0.15, 0.2) is 5.84 Å². The number of hydrogen-bond acceptors (Lipinski definition) is 7. The first kappa shape index (κ1) is 24.9. The van der Waals surface area contributed by atoms with Crippen LogP contribution in [0, 0.1) is 5.41 Å². The molecule has 5 rings (SSSR count). The number of hydrazone groups is 1. The van der Waals surface area contributed by atoms with Crippen molar-refractivity contribution in [2.24, 2.45) is 10.1 Å². The molecule has 11 heteroatoms. The van der Waals surface area contributed by atoms with E-state index in [2.05, 4.69) is 10.1 Å². The van der Waals surface area contributed by atoms with Crippen LogP contribution in [-0.4, -0.2) is 56.8 Å². The number of esters is 1. The van der Waals surface area contributed by atoms with E-state index in [9.17, 15) is 14.4 Å². The Balaban J connectivity index is 1.26.